The van der Waals surface area contributed by atoms with E-state index in [0.717, 1.165) is 5.82 Å². The SMILES string of the molecule is COc1cnc(-n2cnc(C)n2)c2c1ccn2C(=O)C(=O)N1CCN(c2ccnn2-c2ccccn2)CC1. The molecule has 13 nitrogen and oxygen atoms in total. The molecule has 0 bridgehead atoms. The first-order valence-electron chi connectivity index (χ1n) is 12.0. The Morgan fingerprint density at radius 2 is 1.79 bits per heavy atom. The van der Waals surface area contributed by atoms with Crippen LogP contribution in [0.3, 0.4) is 0 Å². The van der Waals surface area contributed by atoms with Crippen LogP contribution in [0.15, 0.2) is 61.4 Å². The number of pyridine rings is 2. The molecule has 6 heterocycles. The van der Waals surface area contributed by atoms with Crippen LogP contribution in [0.2, 0.25) is 0 Å². The van der Waals surface area contributed by atoms with E-state index >= 15 is 0 Å². The second-order valence-electron chi connectivity index (χ2n) is 8.71. The number of aryl methyl sites for hydroxylation is 1. The monoisotopic (exact) mass is 512 g/mol. The van der Waals surface area contributed by atoms with Crippen molar-refractivity contribution in [2.45, 2.75) is 6.92 Å². The number of hydrogen-bond acceptors (Lipinski definition) is 9. The van der Waals surface area contributed by atoms with Crippen molar-refractivity contribution in [3.8, 4) is 17.4 Å². The maximum Gasteiger partial charge on any atom is 0.320 e. The summed E-state index contributed by atoms with van der Waals surface area (Å²) in [7, 11) is 1.53. The number of anilines is 1. The number of ether oxygens (including phenoxy) is 1. The molecule has 13 heteroatoms. The third-order valence-electron chi connectivity index (χ3n) is 6.49. The van der Waals surface area contributed by atoms with Crippen LogP contribution in [0, 0.1) is 6.92 Å². The quantitative estimate of drug-likeness (QED) is 0.329. The highest BCUT2D eigenvalue weighted by molar-refractivity contribution is 6.37. The molecule has 5 aromatic heterocycles. The van der Waals surface area contributed by atoms with Gasteiger partial charge in [0.1, 0.15) is 29.2 Å². The van der Waals surface area contributed by atoms with E-state index in [1.165, 1.54) is 22.7 Å². The molecule has 0 aliphatic carbocycles. The summed E-state index contributed by atoms with van der Waals surface area (Å²) in [6.07, 6.45) is 8.07. The van der Waals surface area contributed by atoms with Gasteiger partial charge in [0.2, 0.25) is 0 Å². The van der Waals surface area contributed by atoms with E-state index in [-0.39, 0.29) is 0 Å². The van der Waals surface area contributed by atoms with Gasteiger partial charge in [0.25, 0.3) is 0 Å². The zero-order chi connectivity index (χ0) is 26.2. The van der Waals surface area contributed by atoms with E-state index in [0.29, 0.717) is 60.3 Å². The summed E-state index contributed by atoms with van der Waals surface area (Å²) in [5.41, 5.74) is 0.422. The smallest absolute Gasteiger partial charge is 0.320 e. The van der Waals surface area contributed by atoms with Crippen molar-refractivity contribution in [2.24, 2.45) is 0 Å². The molecule has 192 valence electrons. The number of aromatic nitrogens is 8. The lowest BCUT2D eigenvalue weighted by atomic mass is 10.2. The van der Waals surface area contributed by atoms with Gasteiger partial charge in [-0.25, -0.2) is 19.6 Å². The summed E-state index contributed by atoms with van der Waals surface area (Å²) in [6.45, 7) is 3.61. The van der Waals surface area contributed by atoms with Crippen molar-refractivity contribution in [3.05, 3.63) is 67.3 Å². The number of hydrogen-bond donors (Lipinski definition) is 0. The molecule has 0 radical (unpaired) electrons. The van der Waals surface area contributed by atoms with Gasteiger partial charge in [0.15, 0.2) is 11.6 Å². The van der Waals surface area contributed by atoms with Gasteiger partial charge in [0.05, 0.1) is 19.5 Å². The van der Waals surface area contributed by atoms with Crippen LogP contribution in [0.4, 0.5) is 5.82 Å². The fourth-order valence-electron chi connectivity index (χ4n) is 4.63. The molecule has 38 heavy (non-hydrogen) atoms. The lowest BCUT2D eigenvalue weighted by molar-refractivity contribution is -0.127. The molecular formula is C25H24N10O3. The molecule has 1 fully saturated rings. The standard InChI is InChI=1S/C25H24N10O3/c1-17-28-16-34(30-17)23-22-18(19(38-2)15-27-23)7-10-33(22)25(37)24(36)32-13-11-31(12-14-32)21-6-9-29-35(21)20-5-3-4-8-26-20/h3-10,15-16H,11-14H2,1-2H3. The number of nitrogens with zero attached hydrogens (tertiary/aromatic N) is 10. The molecule has 6 rings (SSSR count). The average molecular weight is 513 g/mol. The third-order valence-corrected chi connectivity index (χ3v) is 6.49. The second-order valence-corrected chi connectivity index (χ2v) is 8.71. The van der Waals surface area contributed by atoms with Crippen molar-refractivity contribution in [3.63, 3.8) is 0 Å². The highest BCUT2D eigenvalue weighted by Crippen LogP contribution is 2.30. The summed E-state index contributed by atoms with van der Waals surface area (Å²) in [5.74, 6) is 1.73. The number of rotatable bonds is 4. The van der Waals surface area contributed by atoms with E-state index in [4.69, 9.17) is 4.74 Å². The van der Waals surface area contributed by atoms with Crippen LogP contribution in [0.5, 0.6) is 5.75 Å². The molecule has 1 aliphatic heterocycles. The minimum atomic E-state index is -0.680. The van der Waals surface area contributed by atoms with Crippen molar-refractivity contribution in [2.75, 3.05) is 38.2 Å². The Bertz CT molecular complexity index is 1630. The van der Waals surface area contributed by atoms with Gasteiger partial charge in [-0.1, -0.05) is 6.07 Å². The summed E-state index contributed by atoms with van der Waals surface area (Å²) >= 11 is 0. The van der Waals surface area contributed by atoms with Crippen molar-refractivity contribution >= 4 is 28.5 Å². The predicted molar refractivity (Wildman–Crippen MR) is 137 cm³/mol. The number of carbonyl (C=O) groups excluding carboxylic acids is 2. The van der Waals surface area contributed by atoms with Crippen LogP contribution < -0.4 is 9.64 Å². The molecule has 0 atom stereocenters. The molecule has 1 amide bonds. The van der Waals surface area contributed by atoms with Gasteiger partial charge in [-0.2, -0.15) is 14.9 Å². The molecule has 5 aromatic rings. The largest absolute Gasteiger partial charge is 0.494 e. The van der Waals surface area contributed by atoms with Gasteiger partial charge >= 0.3 is 11.8 Å². The Balaban J connectivity index is 1.24. The first-order valence-corrected chi connectivity index (χ1v) is 12.0. The minimum absolute atomic E-state index is 0.375. The van der Waals surface area contributed by atoms with Crippen LogP contribution >= 0.6 is 0 Å². The normalized spacial score (nSPS) is 13.7. The van der Waals surface area contributed by atoms with E-state index in [1.54, 1.807) is 47.4 Å². The Morgan fingerprint density at radius 3 is 2.50 bits per heavy atom. The first-order chi connectivity index (χ1) is 18.5. The van der Waals surface area contributed by atoms with E-state index in [1.807, 2.05) is 24.3 Å². The lowest BCUT2D eigenvalue weighted by Crippen LogP contribution is -2.51. The van der Waals surface area contributed by atoms with Gasteiger partial charge in [0, 0.05) is 50.0 Å². The van der Waals surface area contributed by atoms with E-state index in [2.05, 4.69) is 30.0 Å². The van der Waals surface area contributed by atoms with E-state index < -0.39 is 11.8 Å². The molecule has 0 aromatic carbocycles. The van der Waals surface area contributed by atoms with Crippen molar-refractivity contribution in [1.29, 1.82) is 0 Å². The Hall–Kier alpha value is -5.07. The summed E-state index contributed by atoms with van der Waals surface area (Å²) in [4.78, 5) is 43.5. The Kier molecular flexibility index (Phi) is 5.79. The first kappa shape index (κ1) is 23.3. The van der Waals surface area contributed by atoms with E-state index in [9.17, 15) is 9.59 Å². The number of methoxy groups -OCH3 is 1. The zero-order valence-electron chi connectivity index (χ0n) is 20.8. The molecule has 0 N–H and O–H groups in total. The summed E-state index contributed by atoms with van der Waals surface area (Å²) < 4.78 is 9.99. The van der Waals surface area contributed by atoms with Crippen LogP contribution in [-0.4, -0.2) is 89.1 Å². The second kappa shape index (κ2) is 9.42. The van der Waals surface area contributed by atoms with Gasteiger partial charge in [-0.3, -0.25) is 14.2 Å². The van der Waals surface area contributed by atoms with Crippen LogP contribution in [0.1, 0.15) is 10.6 Å². The molecule has 0 spiro atoms. The highest BCUT2D eigenvalue weighted by atomic mass is 16.5. The predicted octanol–water partition coefficient (Wildman–Crippen LogP) is 1.50. The molecule has 1 aliphatic rings. The maximum absolute atomic E-state index is 13.5. The Morgan fingerprint density at radius 1 is 0.947 bits per heavy atom. The number of amides is 1. The topological polar surface area (TPSA) is 129 Å². The van der Waals surface area contributed by atoms with Gasteiger partial charge in [-0.05, 0) is 25.1 Å². The number of piperazine rings is 1. The molecule has 0 unspecified atom stereocenters. The Labute approximate surface area is 216 Å². The van der Waals surface area contributed by atoms with Crippen molar-refractivity contribution < 1.29 is 14.3 Å². The fourth-order valence-corrected chi connectivity index (χ4v) is 4.63. The number of carbonyl (C=O) groups is 2. The lowest BCUT2D eigenvalue weighted by Gasteiger charge is -2.35. The average Bonchev–Trinajstić information content (AvgIpc) is 3.72. The highest BCUT2D eigenvalue weighted by Gasteiger charge is 2.30. The van der Waals surface area contributed by atoms with Crippen LogP contribution in [-0.2, 0) is 4.79 Å². The molecule has 1 saturated heterocycles. The molecular weight excluding hydrogens is 488 g/mol. The maximum atomic E-state index is 13.5. The van der Waals surface area contributed by atoms with Gasteiger partial charge < -0.3 is 14.5 Å². The third kappa shape index (κ3) is 3.93. The number of fused-ring (bicyclic) bond motifs is 1. The van der Waals surface area contributed by atoms with Gasteiger partial charge in [-0.15, -0.1) is 0 Å². The molecule has 0 saturated carbocycles. The summed E-state index contributed by atoms with van der Waals surface area (Å²) in [5, 5.41) is 9.37. The summed E-state index contributed by atoms with van der Waals surface area (Å²) in [6, 6.07) is 9.28. The zero-order valence-corrected chi connectivity index (χ0v) is 20.8. The van der Waals surface area contributed by atoms with Crippen LogP contribution in [0.25, 0.3) is 22.5 Å². The fraction of sp³-hybridized carbons (Fsp3) is 0.240. The minimum Gasteiger partial charge on any atom is -0.494 e. The van der Waals surface area contributed by atoms with Crippen molar-refractivity contribution in [1.82, 2.24) is 44.0 Å².